The molecule has 1 saturated carbocycles. The zero-order valence-electron chi connectivity index (χ0n) is 11.2. The number of hydrogen-bond donors (Lipinski definition) is 0. The molecule has 1 aliphatic heterocycles. The summed E-state index contributed by atoms with van der Waals surface area (Å²) in [6, 6.07) is 4.89. The Kier molecular flexibility index (Phi) is 3.81. The lowest BCUT2D eigenvalue weighted by molar-refractivity contribution is -0.00319. The number of hydrogen-bond acceptors (Lipinski definition) is 4. The molecule has 0 aromatic carbocycles. The van der Waals surface area contributed by atoms with Crippen LogP contribution in [0.2, 0.25) is 0 Å². The molecule has 0 amide bonds. The van der Waals surface area contributed by atoms with Gasteiger partial charge in [-0.1, -0.05) is 12.8 Å². The number of rotatable bonds is 3. The zero-order valence-corrected chi connectivity index (χ0v) is 11.2. The topological polar surface area (TPSA) is 54.1 Å². The van der Waals surface area contributed by atoms with Gasteiger partial charge in [0.05, 0.1) is 24.4 Å². The van der Waals surface area contributed by atoms with E-state index < -0.39 is 0 Å². The Morgan fingerprint density at radius 3 is 3.05 bits per heavy atom. The van der Waals surface area contributed by atoms with Gasteiger partial charge in [0.1, 0.15) is 0 Å². The van der Waals surface area contributed by atoms with E-state index in [1.165, 1.54) is 25.7 Å². The van der Waals surface area contributed by atoms with Gasteiger partial charge >= 0.3 is 0 Å². The largest absolute Gasteiger partial charge is 0.361 e. The lowest BCUT2D eigenvalue weighted by Gasteiger charge is -2.28. The molecular formula is C14H20N4O. The number of aromatic nitrogens is 2. The highest BCUT2D eigenvalue weighted by molar-refractivity contribution is 5.01. The summed E-state index contributed by atoms with van der Waals surface area (Å²) in [5.74, 6) is 0. The summed E-state index contributed by atoms with van der Waals surface area (Å²) >= 11 is 0. The fourth-order valence-corrected chi connectivity index (χ4v) is 2.99. The summed E-state index contributed by atoms with van der Waals surface area (Å²) in [6.45, 7) is 3.03. The standard InChI is InChI=1S/C14H20N4O/c15-9-14-11-17(7-8-19-14)10-12-5-6-18(16-12)13-3-1-2-4-13/h5-6,13-14H,1-4,7-8,10-11H2. The van der Waals surface area contributed by atoms with E-state index in [9.17, 15) is 0 Å². The molecule has 0 bridgehead atoms. The summed E-state index contributed by atoms with van der Waals surface area (Å²) in [7, 11) is 0. The molecule has 2 aliphatic rings. The van der Waals surface area contributed by atoms with E-state index in [0.717, 1.165) is 18.8 Å². The van der Waals surface area contributed by atoms with Crippen molar-refractivity contribution in [1.29, 1.82) is 5.26 Å². The van der Waals surface area contributed by atoms with Crippen LogP contribution in [-0.2, 0) is 11.3 Å². The molecule has 0 N–H and O–H groups in total. The number of morpholine rings is 1. The second-order valence-corrected chi connectivity index (χ2v) is 5.45. The van der Waals surface area contributed by atoms with Gasteiger partial charge in [-0.25, -0.2) is 0 Å². The maximum atomic E-state index is 8.90. The first kappa shape index (κ1) is 12.6. The highest BCUT2D eigenvalue weighted by Crippen LogP contribution is 2.28. The van der Waals surface area contributed by atoms with Crippen molar-refractivity contribution in [3.05, 3.63) is 18.0 Å². The van der Waals surface area contributed by atoms with E-state index in [-0.39, 0.29) is 6.10 Å². The molecule has 1 atom stereocenters. The van der Waals surface area contributed by atoms with Gasteiger partial charge in [0, 0.05) is 25.8 Å². The van der Waals surface area contributed by atoms with Crippen molar-refractivity contribution in [2.75, 3.05) is 19.7 Å². The summed E-state index contributed by atoms with van der Waals surface area (Å²) < 4.78 is 7.48. The van der Waals surface area contributed by atoms with Crippen LogP contribution >= 0.6 is 0 Å². The van der Waals surface area contributed by atoms with Crippen LogP contribution in [0.25, 0.3) is 0 Å². The van der Waals surface area contributed by atoms with Gasteiger partial charge in [0.2, 0.25) is 0 Å². The summed E-state index contributed by atoms with van der Waals surface area (Å²) in [6.07, 6.45) is 6.99. The molecule has 3 rings (SSSR count). The smallest absolute Gasteiger partial charge is 0.156 e. The van der Waals surface area contributed by atoms with Crippen LogP contribution in [0.1, 0.15) is 37.4 Å². The third-order valence-electron chi connectivity index (χ3n) is 4.04. The molecule has 2 heterocycles. The average Bonchev–Trinajstić information content (AvgIpc) is 3.09. The third-order valence-corrected chi connectivity index (χ3v) is 4.04. The fraction of sp³-hybridized carbons (Fsp3) is 0.714. The van der Waals surface area contributed by atoms with Crippen LogP contribution in [0, 0.1) is 11.3 Å². The predicted molar refractivity (Wildman–Crippen MR) is 70.4 cm³/mol. The minimum absolute atomic E-state index is 0.286. The van der Waals surface area contributed by atoms with Gasteiger partial charge < -0.3 is 4.74 Å². The van der Waals surface area contributed by atoms with Crippen molar-refractivity contribution in [2.45, 2.75) is 44.4 Å². The molecule has 0 spiro atoms. The van der Waals surface area contributed by atoms with Gasteiger partial charge in [-0.05, 0) is 18.9 Å². The zero-order chi connectivity index (χ0) is 13.1. The van der Waals surface area contributed by atoms with Crippen LogP contribution in [0.15, 0.2) is 12.3 Å². The minimum Gasteiger partial charge on any atom is -0.361 e. The fourth-order valence-electron chi connectivity index (χ4n) is 2.99. The number of nitrogens with zero attached hydrogens (tertiary/aromatic N) is 4. The molecule has 1 aliphatic carbocycles. The van der Waals surface area contributed by atoms with Crippen LogP contribution in [0.3, 0.4) is 0 Å². The Balaban J connectivity index is 1.59. The van der Waals surface area contributed by atoms with Crippen LogP contribution in [0.4, 0.5) is 0 Å². The second-order valence-electron chi connectivity index (χ2n) is 5.45. The van der Waals surface area contributed by atoms with Gasteiger partial charge in [-0.3, -0.25) is 9.58 Å². The van der Waals surface area contributed by atoms with Crippen molar-refractivity contribution >= 4 is 0 Å². The second kappa shape index (κ2) is 5.72. The van der Waals surface area contributed by atoms with Gasteiger partial charge in [-0.15, -0.1) is 0 Å². The highest BCUT2D eigenvalue weighted by Gasteiger charge is 2.21. The molecule has 1 aromatic heterocycles. The first-order chi connectivity index (χ1) is 9.35. The quantitative estimate of drug-likeness (QED) is 0.830. The molecule has 1 saturated heterocycles. The first-order valence-corrected chi connectivity index (χ1v) is 7.13. The van der Waals surface area contributed by atoms with E-state index in [1.807, 2.05) is 0 Å². The average molecular weight is 260 g/mol. The minimum atomic E-state index is -0.286. The summed E-state index contributed by atoms with van der Waals surface area (Å²) in [4.78, 5) is 2.25. The Morgan fingerprint density at radius 2 is 2.26 bits per heavy atom. The summed E-state index contributed by atoms with van der Waals surface area (Å²) in [5.41, 5.74) is 1.10. The maximum absolute atomic E-state index is 8.90. The predicted octanol–water partition coefficient (Wildman–Crippen LogP) is 1.72. The van der Waals surface area contributed by atoms with E-state index in [4.69, 9.17) is 10.00 Å². The lowest BCUT2D eigenvalue weighted by atomic mass is 10.2. The molecular weight excluding hydrogens is 240 g/mol. The Hall–Kier alpha value is -1.38. The molecule has 5 nitrogen and oxygen atoms in total. The van der Waals surface area contributed by atoms with E-state index in [2.05, 4.69) is 33.0 Å². The van der Waals surface area contributed by atoms with E-state index in [0.29, 0.717) is 19.2 Å². The van der Waals surface area contributed by atoms with Crippen molar-refractivity contribution in [3.63, 3.8) is 0 Å². The molecule has 1 aromatic rings. The third kappa shape index (κ3) is 2.96. The number of ether oxygens (including phenoxy) is 1. The maximum Gasteiger partial charge on any atom is 0.156 e. The summed E-state index contributed by atoms with van der Waals surface area (Å²) in [5, 5.41) is 13.6. The Morgan fingerprint density at radius 1 is 1.42 bits per heavy atom. The number of nitriles is 1. The molecule has 2 fully saturated rings. The van der Waals surface area contributed by atoms with Crippen LogP contribution in [-0.4, -0.2) is 40.5 Å². The molecule has 102 valence electrons. The SMILES string of the molecule is N#CC1CN(Cc2ccn(C3CCCC3)n2)CCO1. The highest BCUT2D eigenvalue weighted by atomic mass is 16.5. The van der Waals surface area contributed by atoms with E-state index >= 15 is 0 Å². The molecule has 1 unspecified atom stereocenters. The van der Waals surface area contributed by atoms with Gasteiger partial charge in [0.15, 0.2) is 6.10 Å². The lowest BCUT2D eigenvalue weighted by Crippen LogP contribution is -2.41. The van der Waals surface area contributed by atoms with Crippen molar-refractivity contribution in [3.8, 4) is 6.07 Å². The molecule has 0 radical (unpaired) electrons. The molecule has 5 heteroatoms. The normalized spacial score (nSPS) is 25.5. The Bertz CT molecular complexity index is 458. The monoisotopic (exact) mass is 260 g/mol. The van der Waals surface area contributed by atoms with Crippen molar-refractivity contribution < 1.29 is 4.74 Å². The van der Waals surface area contributed by atoms with Crippen molar-refractivity contribution in [1.82, 2.24) is 14.7 Å². The first-order valence-electron chi connectivity index (χ1n) is 7.13. The van der Waals surface area contributed by atoms with E-state index in [1.54, 1.807) is 0 Å². The molecule has 19 heavy (non-hydrogen) atoms. The van der Waals surface area contributed by atoms with Gasteiger partial charge in [-0.2, -0.15) is 10.4 Å². The van der Waals surface area contributed by atoms with Crippen LogP contribution < -0.4 is 0 Å². The Labute approximate surface area is 113 Å². The van der Waals surface area contributed by atoms with Gasteiger partial charge in [0.25, 0.3) is 0 Å². The van der Waals surface area contributed by atoms with Crippen LogP contribution in [0.5, 0.6) is 0 Å². The van der Waals surface area contributed by atoms with Crippen molar-refractivity contribution in [2.24, 2.45) is 0 Å².